The zero-order valence-electron chi connectivity index (χ0n) is 27.2. The predicted octanol–water partition coefficient (Wildman–Crippen LogP) is 11.8. The van der Waals surface area contributed by atoms with Crippen LogP contribution >= 0.6 is 0 Å². The van der Waals surface area contributed by atoms with Gasteiger partial charge in [0.05, 0.1) is 0 Å². The number of hydrogen-bond acceptors (Lipinski definition) is 0. The van der Waals surface area contributed by atoms with Crippen LogP contribution in [0.2, 0.25) is 0 Å². The molecular weight excluding hydrogens is 671 g/mol. The monoisotopic (exact) mass is 722 g/mol. The normalized spacial score (nSPS) is 14.1. The fourth-order valence-electron chi connectivity index (χ4n) is 5.77. The molecule has 1 fully saturated rings. The Labute approximate surface area is 270 Å². The molecule has 0 spiro atoms. The first-order valence-electron chi connectivity index (χ1n) is 15.8. The fraction of sp³-hybridized carbons (Fsp3) is 0.390. The maximum absolute atomic E-state index is 2.35. The minimum atomic E-state index is 0.203. The first-order chi connectivity index (χ1) is 19.8. The molecule has 0 heterocycles. The summed E-state index contributed by atoms with van der Waals surface area (Å²) in [7, 11) is 0. The molecule has 0 unspecified atom stereocenters. The van der Waals surface area contributed by atoms with E-state index in [9.17, 15) is 0 Å². The molecule has 5 aromatic rings. The van der Waals surface area contributed by atoms with E-state index >= 15 is 0 Å². The molecule has 1 saturated carbocycles. The molecule has 0 N–H and O–H groups in total. The molecular formula is C41H50Hf. The number of hydrogen-bond donors (Lipinski definition) is 0. The average Bonchev–Trinajstić information content (AvgIpc) is 3.74. The van der Waals surface area contributed by atoms with E-state index in [-0.39, 0.29) is 10.8 Å². The Bertz CT molecular complexity index is 1470. The molecule has 0 bridgehead atoms. The first-order valence-corrected chi connectivity index (χ1v) is 17.6. The Morgan fingerprint density at radius 2 is 1.19 bits per heavy atom. The van der Waals surface area contributed by atoms with Gasteiger partial charge < -0.3 is 0 Å². The SMILES string of the molecule is CC(C)(C)c1ccc2c(c1)[cH-]c1cc(C(C)(C)C)ccc12.CC(C)c1ccc([C](=[Hf+2])C2CCCC2)cc1.c1cc[cH-]c1. The van der Waals surface area contributed by atoms with Gasteiger partial charge in [0, 0.05) is 0 Å². The van der Waals surface area contributed by atoms with Crippen LogP contribution in [0.15, 0.2) is 97.1 Å². The molecule has 1 aliphatic rings. The summed E-state index contributed by atoms with van der Waals surface area (Å²) in [6.07, 6.45) is 5.76. The molecule has 42 heavy (non-hydrogen) atoms. The summed E-state index contributed by atoms with van der Waals surface area (Å²) in [4.78, 5) is 0. The van der Waals surface area contributed by atoms with Gasteiger partial charge in [-0.1, -0.05) is 76.9 Å². The molecule has 5 aromatic carbocycles. The van der Waals surface area contributed by atoms with Crippen molar-refractivity contribution in [3.8, 4) is 0 Å². The molecule has 6 rings (SSSR count). The maximum Gasteiger partial charge on any atom is -0.172 e. The molecule has 218 valence electrons. The van der Waals surface area contributed by atoms with Gasteiger partial charge >= 0.3 is 114 Å². The predicted molar refractivity (Wildman–Crippen MR) is 183 cm³/mol. The van der Waals surface area contributed by atoms with E-state index in [1.54, 1.807) is 3.26 Å². The number of benzene rings is 3. The van der Waals surface area contributed by atoms with Crippen molar-refractivity contribution < 1.29 is 23.9 Å². The minimum Gasteiger partial charge on any atom is -0.214 e. The van der Waals surface area contributed by atoms with E-state index in [1.165, 1.54) is 93.4 Å². The fourth-order valence-corrected chi connectivity index (χ4v) is 7.41. The van der Waals surface area contributed by atoms with Gasteiger partial charge in [-0.05, 0) is 10.8 Å². The van der Waals surface area contributed by atoms with Crippen molar-refractivity contribution in [2.45, 2.75) is 97.8 Å². The van der Waals surface area contributed by atoms with Crippen LogP contribution in [0, 0.1) is 5.92 Å². The quantitative estimate of drug-likeness (QED) is 0.129. The Morgan fingerprint density at radius 3 is 1.57 bits per heavy atom. The maximum atomic E-state index is 2.35. The van der Waals surface area contributed by atoms with Crippen LogP contribution in [-0.4, -0.2) is 3.26 Å². The third-order valence-corrected chi connectivity index (χ3v) is 11.1. The van der Waals surface area contributed by atoms with E-state index in [0.717, 1.165) is 5.92 Å². The number of rotatable bonds is 3. The van der Waals surface area contributed by atoms with Gasteiger partial charge in [0.15, 0.2) is 0 Å². The second-order valence-corrected chi connectivity index (χ2v) is 16.3. The molecule has 0 aliphatic heterocycles. The van der Waals surface area contributed by atoms with Gasteiger partial charge in [0.25, 0.3) is 0 Å². The van der Waals surface area contributed by atoms with E-state index in [4.69, 9.17) is 0 Å². The molecule has 0 nitrogen and oxygen atoms in total. The van der Waals surface area contributed by atoms with Crippen LogP contribution in [0.3, 0.4) is 0 Å². The van der Waals surface area contributed by atoms with Crippen molar-refractivity contribution in [1.29, 1.82) is 0 Å². The Kier molecular flexibility index (Phi) is 10.8. The molecule has 0 radical (unpaired) electrons. The molecule has 0 saturated heterocycles. The van der Waals surface area contributed by atoms with Gasteiger partial charge in [-0.2, -0.15) is 18.2 Å². The average molecular weight is 721 g/mol. The summed E-state index contributed by atoms with van der Waals surface area (Å²) >= 11 is 1.23. The summed E-state index contributed by atoms with van der Waals surface area (Å²) in [6, 6.07) is 35.5. The van der Waals surface area contributed by atoms with Crippen molar-refractivity contribution in [3.63, 3.8) is 0 Å². The Balaban J connectivity index is 0.000000170. The van der Waals surface area contributed by atoms with Crippen molar-refractivity contribution in [2.75, 3.05) is 0 Å². The molecule has 0 aromatic heterocycles. The van der Waals surface area contributed by atoms with Crippen molar-refractivity contribution in [3.05, 3.63) is 119 Å². The summed E-state index contributed by atoms with van der Waals surface area (Å²) in [6.45, 7) is 18.2. The van der Waals surface area contributed by atoms with Gasteiger partial charge in [-0.25, -0.2) is 12.1 Å². The summed E-state index contributed by atoms with van der Waals surface area (Å²) in [5, 5.41) is 5.48. The van der Waals surface area contributed by atoms with Gasteiger partial charge in [-0.3, -0.25) is 0 Å². The Hall–Kier alpha value is -2.38. The molecule has 1 heteroatoms. The van der Waals surface area contributed by atoms with Crippen LogP contribution in [0.5, 0.6) is 0 Å². The second kappa shape index (κ2) is 13.9. The van der Waals surface area contributed by atoms with E-state index in [0.29, 0.717) is 5.92 Å². The van der Waals surface area contributed by atoms with Crippen LogP contribution in [0.4, 0.5) is 0 Å². The Morgan fingerprint density at radius 1 is 0.714 bits per heavy atom. The standard InChI is InChI=1S/C21H25.C15H20.C5H5.Hf/c1-20(2,3)16-7-9-18-14(12-16)11-15-13-17(21(4,5)6)8-10-19(15)18;1-12(2)15-9-7-14(8-10-15)11-13-5-3-4-6-13;1-2-4-5-3-1;/h7-13H,1-6H3;7-10,12-13H,3-6H2,1-2H3;1-5H;/q-1;;-1;+2. The van der Waals surface area contributed by atoms with E-state index in [1.807, 2.05) is 30.3 Å². The molecule has 0 amide bonds. The van der Waals surface area contributed by atoms with Gasteiger partial charge in [0.1, 0.15) is 0 Å². The van der Waals surface area contributed by atoms with Crippen LogP contribution in [0.25, 0.3) is 21.5 Å². The topological polar surface area (TPSA) is 0 Å². The minimum absolute atomic E-state index is 0.203. The van der Waals surface area contributed by atoms with Crippen molar-refractivity contribution >= 4 is 24.8 Å². The van der Waals surface area contributed by atoms with Gasteiger partial charge in [0.2, 0.25) is 0 Å². The van der Waals surface area contributed by atoms with Crippen molar-refractivity contribution in [1.82, 2.24) is 0 Å². The summed E-state index contributed by atoms with van der Waals surface area (Å²) in [5.41, 5.74) is 6.19. The van der Waals surface area contributed by atoms with Crippen LogP contribution in [0.1, 0.15) is 109 Å². The van der Waals surface area contributed by atoms with Crippen molar-refractivity contribution in [2.24, 2.45) is 5.92 Å². The summed E-state index contributed by atoms with van der Waals surface area (Å²) in [5.74, 6) is 1.56. The van der Waals surface area contributed by atoms with E-state index in [2.05, 4.69) is 122 Å². The second-order valence-electron chi connectivity index (χ2n) is 14.4. The molecule has 1 aliphatic carbocycles. The third kappa shape index (κ3) is 8.37. The first kappa shape index (κ1) is 32.5. The third-order valence-electron chi connectivity index (χ3n) is 8.64. The zero-order valence-corrected chi connectivity index (χ0v) is 30.8. The van der Waals surface area contributed by atoms with Crippen LogP contribution in [-0.2, 0) is 34.7 Å². The van der Waals surface area contributed by atoms with Gasteiger partial charge in [-0.15, -0.1) is 39.7 Å². The molecule has 0 atom stereocenters. The smallest absolute Gasteiger partial charge is 0.172 e. The summed E-state index contributed by atoms with van der Waals surface area (Å²) < 4.78 is 1.74. The number of fused-ring (bicyclic) bond motifs is 3. The van der Waals surface area contributed by atoms with E-state index < -0.39 is 0 Å². The largest absolute Gasteiger partial charge is 0.214 e. The zero-order chi connectivity index (χ0) is 30.5. The van der Waals surface area contributed by atoms with Crippen LogP contribution < -0.4 is 0 Å².